The molecule has 160 valence electrons. The van der Waals surface area contributed by atoms with Crippen LogP contribution >= 0.6 is 0 Å². The predicted molar refractivity (Wildman–Crippen MR) is 111 cm³/mol. The number of fused-ring (bicyclic) bond motifs is 1. The third-order valence-corrected chi connectivity index (χ3v) is 5.50. The smallest absolute Gasteiger partial charge is 0.231 e. The monoisotopic (exact) mass is 413 g/mol. The molecule has 0 saturated heterocycles. The zero-order chi connectivity index (χ0) is 20.9. The highest BCUT2D eigenvalue weighted by Crippen LogP contribution is 2.38. The van der Waals surface area contributed by atoms with Gasteiger partial charge in [0.2, 0.25) is 18.4 Å². The summed E-state index contributed by atoms with van der Waals surface area (Å²) in [6.07, 6.45) is 3.92. The number of methoxy groups -OCH3 is 2. The summed E-state index contributed by atoms with van der Waals surface area (Å²) in [5, 5.41) is 3.15. The maximum atomic E-state index is 12.5. The van der Waals surface area contributed by atoms with Crippen molar-refractivity contribution in [1.29, 1.82) is 0 Å². The van der Waals surface area contributed by atoms with E-state index in [9.17, 15) is 4.79 Å². The second kappa shape index (κ2) is 9.15. The number of hydrogen-bond donors (Lipinski definition) is 1. The summed E-state index contributed by atoms with van der Waals surface area (Å²) in [5.74, 6) is 3.40. The first kappa shape index (κ1) is 20.2. The molecular formula is C23H27NO6. The number of rotatable bonds is 7. The molecule has 0 aromatic heterocycles. The van der Waals surface area contributed by atoms with Gasteiger partial charge in [-0.1, -0.05) is 12.1 Å². The summed E-state index contributed by atoms with van der Waals surface area (Å²) in [5.41, 5.74) is 0.916. The number of hydrogen-bond acceptors (Lipinski definition) is 6. The highest BCUT2D eigenvalue weighted by molar-refractivity contribution is 5.79. The summed E-state index contributed by atoms with van der Waals surface area (Å²) < 4.78 is 27.6. The standard InChI is InChI=1S/C23H27NO6/c1-26-19-4-3-5-20(23(19)27-2)30-17-9-7-16(8-10-17)24-22(25)13-15-6-11-18-21(12-15)29-14-28-18/h3-6,11-12,16-17H,7-10,13-14H2,1-2H3,(H,24,25). The number of nitrogens with one attached hydrogen (secondary N) is 1. The molecule has 0 bridgehead atoms. The fourth-order valence-corrected chi connectivity index (χ4v) is 3.97. The van der Waals surface area contributed by atoms with Crippen molar-refractivity contribution >= 4 is 5.91 Å². The molecule has 30 heavy (non-hydrogen) atoms. The minimum absolute atomic E-state index is 0.0210. The third kappa shape index (κ3) is 4.56. The molecule has 4 rings (SSSR count). The van der Waals surface area contributed by atoms with Gasteiger partial charge in [0.1, 0.15) is 0 Å². The largest absolute Gasteiger partial charge is 0.493 e. The van der Waals surface area contributed by atoms with Crippen molar-refractivity contribution in [2.75, 3.05) is 21.0 Å². The average Bonchev–Trinajstić information content (AvgIpc) is 3.22. The van der Waals surface area contributed by atoms with E-state index < -0.39 is 0 Å². The second-order valence-corrected chi connectivity index (χ2v) is 7.52. The number of ether oxygens (including phenoxy) is 5. The Labute approximate surface area is 176 Å². The van der Waals surface area contributed by atoms with Gasteiger partial charge in [0.05, 0.1) is 26.7 Å². The fourth-order valence-electron chi connectivity index (χ4n) is 3.97. The van der Waals surface area contributed by atoms with Crippen LogP contribution in [0.1, 0.15) is 31.2 Å². The van der Waals surface area contributed by atoms with E-state index in [-0.39, 0.29) is 24.8 Å². The molecule has 1 fully saturated rings. The van der Waals surface area contributed by atoms with Crippen LogP contribution in [0.5, 0.6) is 28.7 Å². The van der Waals surface area contributed by atoms with E-state index in [1.807, 2.05) is 36.4 Å². The molecule has 0 unspecified atom stereocenters. The lowest BCUT2D eigenvalue weighted by Gasteiger charge is -2.30. The van der Waals surface area contributed by atoms with Gasteiger partial charge >= 0.3 is 0 Å². The van der Waals surface area contributed by atoms with Crippen molar-refractivity contribution in [3.05, 3.63) is 42.0 Å². The van der Waals surface area contributed by atoms with Crippen LogP contribution < -0.4 is 29.0 Å². The van der Waals surface area contributed by atoms with Gasteiger partial charge in [-0.2, -0.15) is 0 Å². The van der Waals surface area contributed by atoms with Crippen LogP contribution in [0.3, 0.4) is 0 Å². The van der Waals surface area contributed by atoms with Crippen molar-refractivity contribution in [2.45, 2.75) is 44.2 Å². The number of benzene rings is 2. The maximum absolute atomic E-state index is 12.5. The van der Waals surface area contributed by atoms with E-state index in [0.29, 0.717) is 29.4 Å². The molecule has 1 aliphatic heterocycles. The van der Waals surface area contributed by atoms with Crippen molar-refractivity contribution < 1.29 is 28.5 Å². The van der Waals surface area contributed by atoms with Gasteiger partial charge in [-0.15, -0.1) is 0 Å². The Bertz CT molecular complexity index is 891. The Morgan fingerprint density at radius 3 is 2.53 bits per heavy atom. The molecule has 0 spiro atoms. The first-order valence-electron chi connectivity index (χ1n) is 10.2. The molecular weight excluding hydrogens is 386 g/mol. The van der Waals surface area contributed by atoms with E-state index >= 15 is 0 Å². The first-order valence-corrected chi connectivity index (χ1v) is 10.2. The molecule has 1 amide bonds. The van der Waals surface area contributed by atoms with Gasteiger partial charge in [0.15, 0.2) is 23.0 Å². The molecule has 7 heteroatoms. The summed E-state index contributed by atoms with van der Waals surface area (Å²) in [7, 11) is 3.22. The number of carbonyl (C=O) groups excluding carboxylic acids is 1. The van der Waals surface area contributed by atoms with Crippen molar-refractivity contribution in [3.8, 4) is 28.7 Å². The van der Waals surface area contributed by atoms with Crippen LogP contribution in [0.25, 0.3) is 0 Å². The van der Waals surface area contributed by atoms with Gasteiger partial charge in [0, 0.05) is 6.04 Å². The molecule has 0 atom stereocenters. The summed E-state index contributed by atoms with van der Waals surface area (Å²) in [4.78, 5) is 12.5. The van der Waals surface area contributed by atoms with Crippen LogP contribution in [0.2, 0.25) is 0 Å². The topological polar surface area (TPSA) is 75.3 Å². The molecule has 2 aliphatic rings. The normalized spacial score (nSPS) is 19.8. The van der Waals surface area contributed by atoms with Crippen LogP contribution in [0.15, 0.2) is 36.4 Å². The van der Waals surface area contributed by atoms with Gasteiger partial charge < -0.3 is 29.0 Å². The molecule has 0 radical (unpaired) electrons. The Morgan fingerprint density at radius 2 is 1.77 bits per heavy atom. The van der Waals surface area contributed by atoms with E-state index in [4.69, 9.17) is 23.7 Å². The maximum Gasteiger partial charge on any atom is 0.231 e. The summed E-state index contributed by atoms with van der Waals surface area (Å²) in [6, 6.07) is 11.4. The van der Waals surface area contributed by atoms with E-state index in [0.717, 1.165) is 37.0 Å². The summed E-state index contributed by atoms with van der Waals surface area (Å²) in [6.45, 7) is 0.234. The Balaban J connectivity index is 1.26. The number of para-hydroxylation sites is 1. The van der Waals surface area contributed by atoms with Gasteiger partial charge in [-0.3, -0.25) is 4.79 Å². The number of amides is 1. The Kier molecular flexibility index (Phi) is 6.16. The minimum Gasteiger partial charge on any atom is -0.493 e. The molecule has 1 saturated carbocycles. The highest BCUT2D eigenvalue weighted by atomic mass is 16.7. The van der Waals surface area contributed by atoms with Gasteiger partial charge in [0.25, 0.3) is 0 Å². The predicted octanol–water partition coefficient (Wildman–Crippen LogP) is 3.48. The van der Waals surface area contributed by atoms with Crippen LogP contribution in [0, 0.1) is 0 Å². The van der Waals surface area contributed by atoms with E-state index in [2.05, 4.69) is 5.32 Å². The first-order chi connectivity index (χ1) is 14.7. The van der Waals surface area contributed by atoms with Gasteiger partial charge in [-0.05, 0) is 55.5 Å². The number of carbonyl (C=O) groups is 1. The highest BCUT2D eigenvalue weighted by Gasteiger charge is 2.25. The Hall–Kier alpha value is -3.09. The lowest BCUT2D eigenvalue weighted by Crippen LogP contribution is -2.40. The second-order valence-electron chi connectivity index (χ2n) is 7.52. The molecule has 1 aliphatic carbocycles. The molecule has 1 N–H and O–H groups in total. The SMILES string of the molecule is COc1cccc(OC2CCC(NC(=O)Cc3ccc4c(c3)OCO4)CC2)c1OC. The Morgan fingerprint density at radius 1 is 1.00 bits per heavy atom. The van der Waals surface area contributed by atoms with Gasteiger partial charge in [-0.25, -0.2) is 0 Å². The molecule has 2 aromatic rings. The zero-order valence-electron chi connectivity index (χ0n) is 17.3. The fraction of sp³-hybridized carbons (Fsp3) is 0.435. The quantitative estimate of drug-likeness (QED) is 0.749. The third-order valence-electron chi connectivity index (χ3n) is 5.50. The molecule has 1 heterocycles. The lowest BCUT2D eigenvalue weighted by atomic mass is 9.92. The summed E-state index contributed by atoms with van der Waals surface area (Å²) >= 11 is 0. The van der Waals surface area contributed by atoms with E-state index in [1.54, 1.807) is 14.2 Å². The van der Waals surface area contributed by atoms with Crippen molar-refractivity contribution in [3.63, 3.8) is 0 Å². The molecule has 7 nitrogen and oxygen atoms in total. The van der Waals surface area contributed by atoms with E-state index in [1.165, 1.54) is 0 Å². The van der Waals surface area contributed by atoms with Crippen molar-refractivity contribution in [1.82, 2.24) is 5.32 Å². The van der Waals surface area contributed by atoms with Crippen molar-refractivity contribution in [2.24, 2.45) is 0 Å². The average molecular weight is 413 g/mol. The minimum atomic E-state index is 0.0210. The molecule has 2 aromatic carbocycles. The lowest BCUT2D eigenvalue weighted by molar-refractivity contribution is -0.121. The van der Waals surface area contributed by atoms with Crippen LogP contribution in [-0.2, 0) is 11.2 Å². The zero-order valence-corrected chi connectivity index (χ0v) is 17.3. The van der Waals surface area contributed by atoms with Crippen LogP contribution in [0.4, 0.5) is 0 Å². The van der Waals surface area contributed by atoms with Crippen LogP contribution in [-0.4, -0.2) is 39.1 Å².